The van der Waals surface area contributed by atoms with Gasteiger partial charge >= 0.3 is 0 Å². The molecule has 2 aromatic carbocycles. The lowest BCUT2D eigenvalue weighted by Gasteiger charge is -2.20. The zero-order chi connectivity index (χ0) is 19.1. The van der Waals surface area contributed by atoms with Gasteiger partial charge < -0.3 is 10.2 Å². The van der Waals surface area contributed by atoms with Crippen molar-refractivity contribution in [2.75, 3.05) is 18.5 Å². The topological polar surface area (TPSA) is 27.6 Å². The summed E-state index contributed by atoms with van der Waals surface area (Å²) in [4.78, 5) is 6.68. The van der Waals surface area contributed by atoms with E-state index in [1.54, 1.807) is 0 Å². The normalized spacial score (nSPS) is 14.2. The van der Waals surface area contributed by atoms with Crippen molar-refractivity contribution in [1.29, 1.82) is 0 Å². The zero-order valence-electron chi connectivity index (χ0n) is 16.3. The lowest BCUT2D eigenvalue weighted by atomic mass is 10.0. The molecule has 0 atom stereocenters. The fourth-order valence-corrected chi connectivity index (χ4v) is 3.03. The highest BCUT2D eigenvalue weighted by molar-refractivity contribution is 6.00. The van der Waals surface area contributed by atoms with Gasteiger partial charge in [0.2, 0.25) is 0 Å². The van der Waals surface area contributed by atoms with E-state index in [0.29, 0.717) is 0 Å². The summed E-state index contributed by atoms with van der Waals surface area (Å²) in [5.41, 5.74) is 5.91. The Bertz CT molecular complexity index is 869. The van der Waals surface area contributed by atoms with Crippen molar-refractivity contribution in [3.05, 3.63) is 90.2 Å². The summed E-state index contributed by atoms with van der Waals surface area (Å²) in [6, 6.07) is 17.2. The minimum absolute atomic E-state index is 0.734. The van der Waals surface area contributed by atoms with E-state index >= 15 is 0 Å². The number of anilines is 2. The van der Waals surface area contributed by atoms with E-state index in [-0.39, 0.29) is 0 Å². The van der Waals surface area contributed by atoms with Crippen molar-refractivity contribution in [1.82, 2.24) is 5.32 Å². The maximum Gasteiger partial charge on any atom is 0.132 e. The maximum atomic E-state index is 4.48. The van der Waals surface area contributed by atoms with Crippen LogP contribution in [0.25, 0.3) is 5.57 Å². The highest BCUT2D eigenvalue weighted by Crippen LogP contribution is 2.26. The number of rotatable bonds is 6. The van der Waals surface area contributed by atoms with Gasteiger partial charge in [0.05, 0.1) is 6.54 Å². The first-order valence-electron chi connectivity index (χ1n) is 9.46. The van der Waals surface area contributed by atoms with Gasteiger partial charge in [-0.25, -0.2) is 0 Å². The zero-order valence-corrected chi connectivity index (χ0v) is 16.3. The highest BCUT2D eigenvalue weighted by Gasteiger charge is 2.08. The van der Waals surface area contributed by atoms with E-state index in [0.717, 1.165) is 35.7 Å². The first kappa shape index (κ1) is 18.7. The van der Waals surface area contributed by atoms with Crippen LogP contribution >= 0.6 is 0 Å². The number of amidine groups is 1. The first-order chi connectivity index (χ1) is 13.2. The minimum atomic E-state index is 0.734. The van der Waals surface area contributed by atoms with Crippen LogP contribution in [0, 0.1) is 0 Å². The summed E-state index contributed by atoms with van der Waals surface area (Å²) >= 11 is 0. The summed E-state index contributed by atoms with van der Waals surface area (Å²) in [5, 5.41) is 3.20. The average Bonchev–Trinajstić information content (AvgIpc) is 2.75. The standard InChI is InChI=1S/C24H27N3/c1-4-6-8-19(5-2)20-9-13-22(14-10-20)27(3)23-15-11-21(12-16-23)24-25-17-7-18-26-24/h5-17H,4,18H2,1-3H3,(H,25,26)/b8-6-,19-5+. The van der Waals surface area contributed by atoms with Gasteiger partial charge in [0, 0.05) is 30.2 Å². The van der Waals surface area contributed by atoms with Crippen molar-refractivity contribution in [3.8, 4) is 0 Å². The van der Waals surface area contributed by atoms with Gasteiger partial charge in [-0.3, -0.25) is 4.99 Å². The molecule has 0 saturated heterocycles. The summed E-state index contributed by atoms with van der Waals surface area (Å²) in [7, 11) is 2.09. The number of nitrogens with one attached hydrogen (secondary N) is 1. The van der Waals surface area contributed by atoms with Crippen molar-refractivity contribution in [3.63, 3.8) is 0 Å². The third-order valence-electron chi connectivity index (χ3n) is 4.65. The molecule has 0 unspecified atom stereocenters. The molecule has 1 N–H and O–H groups in total. The second-order valence-electron chi connectivity index (χ2n) is 6.44. The molecule has 0 fully saturated rings. The Morgan fingerprint density at radius 3 is 2.30 bits per heavy atom. The molecule has 0 aliphatic carbocycles. The molecule has 1 heterocycles. The highest BCUT2D eigenvalue weighted by atomic mass is 15.1. The first-order valence-corrected chi connectivity index (χ1v) is 9.46. The Balaban J connectivity index is 1.74. The molecular weight excluding hydrogens is 330 g/mol. The maximum absolute atomic E-state index is 4.48. The van der Waals surface area contributed by atoms with Crippen LogP contribution in [-0.4, -0.2) is 19.4 Å². The third kappa shape index (κ3) is 4.56. The molecule has 0 spiro atoms. The molecule has 2 aromatic rings. The van der Waals surface area contributed by atoms with Crippen LogP contribution < -0.4 is 10.2 Å². The van der Waals surface area contributed by atoms with Crippen molar-refractivity contribution in [2.24, 2.45) is 4.99 Å². The SMILES string of the molecule is C/C=C(\C=C/CC)c1ccc(N(C)c2ccc(C3=NCC=CN3)cc2)cc1. The molecule has 0 aromatic heterocycles. The predicted molar refractivity (Wildman–Crippen MR) is 118 cm³/mol. The summed E-state index contributed by atoms with van der Waals surface area (Å²) in [6.07, 6.45) is 11.5. The Morgan fingerprint density at radius 2 is 1.74 bits per heavy atom. The minimum Gasteiger partial charge on any atom is -0.347 e. The largest absolute Gasteiger partial charge is 0.347 e. The molecule has 1 aliphatic heterocycles. The van der Waals surface area contributed by atoms with Gasteiger partial charge in [-0.2, -0.15) is 0 Å². The van der Waals surface area contributed by atoms with E-state index in [4.69, 9.17) is 0 Å². The molecule has 3 heteroatoms. The number of hydrogen-bond donors (Lipinski definition) is 1. The van der Waals surface area contributed by atoms with Gasteiger partial charge in [-0.05, 0) is 67.0 Å². The van der Waals surface area contributed by atoms with Gasteiger partial charge in [0.25, 0.3) is 0 Å². The molecule has 27 heavy (non-hydrogen) atoms. The lowest BCUT2D eigenvalue weighted by Crippen LogP contribution is -2.21. The van der Waals surface area contributed by atoms with Crippen LogP contribution in [-0.2, 0) is 0 Å². The molecule has 0 bridgehead atoms. The summed E-state index contributed by atoms with van der Waals surface area (Å²) in [6.45, 7) is 4.97. The van der Waals surface area contributed by atoms with Crippen LogP contribution in [0.1, 0.15) is 31.4 Å². The Labute approximate surface area is 162 Å². The van der Waals surface area contributed by atoms with E-state index in [9.17, 15) is 0 Å². The second-order valence-corrected chi connectivity index (χ2v) is 6.44. The number of hydrogen-bond acceptors (Lipinski definition) is 3. The predicted octanol–water partition coefficient (Wildman–Crippen LogP) is 5.69. The molecule has 0 saturated carbocycles. The van der Waals surface area contributed by atoms with Gasteiger partial charge in [-0.15, -0.1) is 0 Å². The Kier molecular flexibility index (Phi) is 6.26. The Hall–Kier alpha value is -3.07. The molecule has 3 rings (SSSR count). The number of nitrogens with zero attached hydrogens (tertiary/aromatic N) is 2. The van der Waals surface area contributed by atoms with E-state index in [1.165, 1.54) is 11.1 Å². The molecule has 3 nitrogen and oxygen atoms in total. The smallest absolute Gasteiger partial charge is 0.132 e. The van der Waals surface area contributed by atoms with Crippen molar-refractivity contribution in [2.45, 2.75) is 20.3 Å². The molecular formula is C24H27N3. The molecule has 0 radical (unpaired) electrons. The lowest BCUT2D eigenvalue weighted by molar-refractivity contribution is 1.10. The van der Waals surface area contributed by atoms with Crippen molar-refractivity contribution >= 4 is 22.8 Å². The summed E-state index contributed by atoms with van der Waals surface area (Å²) in [5.74, 6) is 0.926. The van der Waals surface area contributed by atoms with Crippen molar-refractivity contribution < 1.29 is 0 Å². The fraction of sp³-hybridized carbons (Fsp3) is 0.208. The van der Waals surface area contributed by atoms with E-state index in [1.807, 2.05) is 12.3 Å². The second kappa shape index (κ2) is 9.04. The van der Waals surface area contributed by atoms with E-state index < -0.39 is 0 Å². The van der Waals surface area contributed by atoms with Gasteiger partial charge in [-0.1, -0.05) is 37.3 Å². The van der Waals surface area contributed by atoms with Gasteiger partial charge in [0.1, 0.15) is 5.84 Å². The van der Waals surface area contributed by atoms with Crippen LogP contribution in [0.2, 0.25) is 0 Å². The molecule has 1 aliphatic rings. The fourth-order valence-electron chi connectivity index (χ4n) is 3.03. The van der Waals surface area contributed by atoms with Crippen LogP contribution in [0.5, 0.6) is 0 Å². The Morgan fingerprint density at radius 1 is 1.07 bits per heavy atom. The molecule has 0 amide bonds. The third-order valence-corrected chi connectivity index (χ3v) is 4.65. The van der Waals surface area contributed by atoms with Gasteiger partial charge in [0.15, 0.2) is 0 Å². The monoisotopic (exact) mass is 357 g/mol. The van der Waals surface area contributed by atoms with Crippen LogP contribution in [0.3, 0.4) is 0 Å². The molecule has 138 valence electrons. The summed E-state index contributed by atoms with van der Waals surface area (Å²) < 4.78 is 0. The quantitative estimate of drug-likeness (QED) is 0.673. The number of allylic oxidation sites excluding steroid dienone is 4. The number of aliphatic imine (C=N–C) groups is 1. The van der Waals surface area contributed by atoms with Crippen LogP contribution in [0.15, 0.2) is 84.0 Å². The van der Waals surface area contributed by atoms with Crippen LogP contribution in [0.4, 0.5) is 11.4 Å². The number of benzene rings is 2. The van der Waals surface area contributed by atoms with E-state index in [2.05, 4.69) is 103 Å². The average molecular weight is 358 g/mol.